The Balaban J connectivity index is 0.00000289. The highest BCUT2D eigenvalue weighted by atomic mass is 35.5. The molecule has 1 aromatic rings. The summed E-state index contributed by atoms with van der Waals surface area (Å²) in [7, 11) is 1.64. The lowest BCUT2D eigenvalue weighted by Crippen LogP contribution is -2.53. The number of carbonyl (C=O) groups is 2. The predicted molar refractivity (Wildman–Crippen MR) is 135 cm³/mol. The molecule has 0 spiro atoms. The molecule has 1 aliphatic heterocycles. The number of thioether (sulfide) groups is 2. The molecule has 2 saturated carbocycles. The van der Waals surface area contributed by atoms with E-state index in [1.165, 1.54) is 25.7 Å². The molecule has 2 aliphatic carbocycles. The van der Waals surface area contributed by atoms with Gasteiger partial charge in [0.25, 0.3) is 0 Å². The highest BCUT2D eigenvalue weighted by molar-refractivity contribution is 7.99. The maximum Gasteiger partial charge on any atom is 0.243 e. The highest BCUT2D eigenvalue weighted by Gasteiger charge is 2.39. The minimum atomic E-state index is -0.512. The van der Waals surface area contributed by atoms with Crippen molar-refractivity contribution in [2.75, 3.05) is 30.2 Å². The molecule has 3 N–H and O–H groups in total. The molecule has 0 aromatic heterocycles. The molecule has 1 aromatic carbocycles. The second kappa shape index (κ2) is 12.4. The normalized spacial score (nSPS) is 26.9. The highest BCUT2D eigenvalue weighted by Crippen LogP contribution is 2.49. The maximum atomic E-state index is 13.0. The summed E-state index contributed by atoms with van der Waals surface area (Å²) in [5.74, 6) is 6.46. The van der Waals surface area contributed by atoms with Crippen molar-refractivity contribution in [2.45, 2.75) is 44.3 Å². The molecular weight excluding hydrogens is 466 g/mol. The average Bonchev–Trinajstić information content (AvgIpc) is 3.56. The Bertz CT molecular complexity index is 761. The largest absolute Gasteiger partial charge is 0.497 e. The van der Waals surface area contributed by atoms with Crippen molar-refractivity contribution in [3.8, 4) is 5.75 Å². The Morgan fingerprint density at radius 1 is 1.25 bits per heavy atom. The van der Waals surface area contributed by atoms with Gasteiger partial charge < -0.3 is 15.4 Å². The third kappa shape index (κ3) is 6.72. The third-order valence-electron chi connectivity index (χ3n) is 6.79. The van der Waals surface area contributed by atoms with Crippen molar-refractivity contribution < 1.29 is 14.3 Å². The van der Waals surface area contributed by atoms with E-state index in [4.69, 9.17) is 4.74 Å². The fourth-order valence-corrected chi connectivity index (χ4v) is 7.25. The van der Waals surface area contributed by atoms with Crippen LogP contribution < -0.4 is 20.7 Å². The van der Waals surface area contributed by atoms with Crippen LogP contribution in [0.25, 0.3) is 0 Å². The molecule has 1 saturated heterocycles. The number of carbonyl (C=O) groups excluding carboxylic acids is 2. The molecule has 32 heavy (non-hydrogen) atoms. The first-order valence-electron chi connectivity index (χ1n) is 11.2. The van der Waals surface area contributed by atoms with Gasteiger partial charge >= 0.3 is 0 Å². The van der Waals surface area contributed by atoms with Crippen LogP contribution in [0.3, 0.4) is 0 Å². The summed E-state index contributed by atoms with van der Waals surface area (Å²) in [6.45, 7) is 0.434. The number of ether oxygens (including phenoxy) is 1. The molecule has 178 valence electrons. The van der Waals surface area contributed by atoms with Crippen LogP contribution in [0.4, 0.5) is 0 Å². The Labute approximate surface area is 205 Å². The zero-order chi connectivity index (χ0) is 21.6. The van der Waals surface area contributed by atoms with E-state index < -0.39 is 6.04 Å². The van der Waals surface area contributed by atoms with E-state index in [9.17, 15) is 9.59 Å². The first-order valence-corrected chi connectivity index (χ1v) is 13.5. The van der Waals surface area contributed by atoms with E-state index in [1.54, 1.807) is 18.9 Å². The van der Waals surface area contributed by atoms with Crippen molar-refractivity contribution in [1.29, 1.82) is 0 Å². The van der Waals surface area contributed by atoms with Crippen LogP contribution in [0.1, 0.15) is 31.2 Å². The fourth-order valence-electron chi connectivity index (χ4n) is 4.99. The number of nitrogens with one attached hydrogen (secondary N) is 3. The Hall–Kier alpha value is -1.09. The van der Waals surface area contributed by atoms with Crippen molar-refractivity contribution in [2.24, 2.45) is 17.8 Å². The summed E-state index contributed by atoms with van der Waals surface area (Å²) in [6, 6.07) is 6.93. The first-order chi connectivity index (χ1) is 15.1. The smallest absolute Gasteiger partial charge is 0.243 e. The number of hydrogen-bond acceptors (Lipinski definition) is 6. The molecule has 3 fully saturated rings. The molecule has 0 radical (unpaired) electrons. The number of hydrogen-bond donors (Lipinski definition) is 3. The van der Waals surface area contributed by atoms with E-state index in [0.29, 0.717) is 12.3 Å². The number of halogens is 1. The monoisotopic (exact) mass is 499 g/mol. The van der Waals surface area contributed by atoms with Gasteiger partial charge in [-0.05, 0) is 60.5 Å². The SMILES string of the molecule is COc1ccc(CNC(=O)[C@H](CSC[C@@H]2C[C@@H]3CC[C@H]2C3)NC(=O)[C@@H]2CSCN2)cc1.Cl. The van der Waals surface area contributed by atoms with Crippen LogP contribution in [0, 0.1) is 17.8 Å². The molecular formula is C23H34ClN3O3S2. The van der Waals surface area contributed by atoms with Gasteiger partial charge in [-0.25, -0.2) is 0 Å². The Morgan fingerprint density at radius 2 is 2.06 bits per heavy atom. The van der Waals surface area contributed by atoms with Gasteiger partial charge in [-0.2, -0.15) is 11.8 Å². The van der Waals surface area contributed by atoms with Gasteiger partial charge in [0.15, 0.2) is 0 Å². The van der Waals surface area contributed by atoms with Crippen molar-refractivity contribution in [3.05, 3.63) is 29.8 Å². The minimum absolute atomic E-state index is 0. The lowest BCUT2D eigenvalue weighted by atomic mass is 9.90. The van der Waals surface area contributed by atoms with E-state index in [-0.39, 0.29) is 30.3 Å². The number of amides is 2. The first kappa shape index (κ1) is 25.5. The molecule has 6 nitrogen and oxygen atoms in total. The van der Waals surface area contributed by atoms with Crippen LogP contribution in [0.5, 0.6) is 5.75 Å². The summed E-state index contributed by atoms with van der Waals surface area (Å²) in [5, 5.41) is 9.20. The molecule has 0 unspecified atom stereocenters. The molecule has 2 bridgehead atoms. The predicted octanol–water partition coefficient (Wildman–Crippen LogP) is 3.05. The third-order valence-corrected chi connectivity index (χ3v) is 8.97. The number of methoxy groups -OCH3 is 1. The van der Waals surface area contributed by atoms with Crippen LogP contribution in [-0.4, -0.2) is 54.1 Å². The number of fused-ring (bicyclic) bond motifs is 2. The van der Waals surface area contributed by atoms with Crippen molar-refractivity contribution >= 4 is 47.7 Å². The fraction of sp³-hybridized carbons (Fsp3) is 0.652. The summed E-state index contributed by atoms with van der Waals surface area (Å²) in [4.78, 5) is 25.6. The van der Waals surface area contributed by atoms with Crippen LogP contribution >= 0.6 is 35.9 Å². The van der Waals surface area contributed by atoms with Crippen LogP contribution in [-0.2, 0) is 16.1 Å². The van der Waals surface area contributed by atoms with E-state index in [2.05, 4.69) is 16.0 Å². The summed E-state index contributed by atoms with van der Waals surface area (Å²) in [6.07, 6.45) is 5.54. The van der Waals surface area contributed by atoms with E-state index >= 15 is 0 Å². The van der Waals surface area contributed by atoms with E-state index in [1.807, 2.05) is 36.0 Å². The van der Waals surface area contributed by atoms with Gasteiger partial charge in [0.1, 0.15) is 11.8 Å². The van der Waals surface area contributed by atoms with Gasteiger partial charge in [0.2, 0.25) is 11.8 Å². The molecule has 3 aliphatic rings. The van der Waals surface area contributed by atoms with Gasteiger partial charge in [0.05, 0.1) is 13.2 Å². The molecule has 2 amide bonds. The quantitative estimate of drug-likeness (QED) is 0.459. The Kier molecular flexibility index (Phi) is 9.89. The Morgan fingerprint density at radius 3 is 2.69 bits per heavy atom. The van der Waals surface area contributed by atoms with Crippen LogP contribution in [0.15, 0.2) is 24.3 Å². The summed E-state index contributed by atoms with van der Waals surface area (Å²) >= 11 is 3.53. The second-order valence-corrected chi connectivity index (χ2v) is 11.0. The topological polar surface area (TPSA) is 79.5 Å². The molecule has 5 atom stereocenters. The zero-order valence-electron chi connectivity index (χ0n) is 18.5. The maximum absolute atomic E-state index is 13.0. The van der Waals surface area contributed by atoms with Crippen molar-refractivity contribution in [1.82, 2.24) is 16.0 Å². The van der Waals surface area contributed by atoms with E-state index in [0.717, 1.165) is 46.4 Å². The van der Waals surface area contributed by atoms with Gasteiger partial charge in [0, 0.05) is 23.9 Å². The zero-order valence-corrected chi connectivity index (χ0v) is 21.0. The molecule has 1 heterocycles. The minimum Gasteiger partial charge on any atom is -0.497 e. The average molecular weight is 500 g/mol. The molecule has 4 rings (SSSR count). The van der Waals surface area contributed by atoms with Crippen molar-refractivity contribution in [3.63, 3.8) is 0 Å². The lowest BCUT2D eigenvalue weighted by Gasteiger charge is -2.23. The second-order valence-electron chi connectivity index (χ2n) is 8.87. The lowest BCUT2D eigenvalue weighted by molar-refractivity contribution is -0.129. The standard InChI is InChI=1S/C23H33N3O3S2.ClH/c1-29-19-6-3-15(4-7-19)10-24-22(27)21(26-23(28)20-12-31-14-25-20)13-30-11-18-9-16-2-5-17(18)8-16;/h3-4,6-7,16-18,20-21,25H,2,5,8-14H2,1H3,(H,24,27)(H,26,28);1H/t16-,17+,18+,20+,21+;/m1./s1. The van der Waals surface area contributed by atoms with Gasteiger partial charge in [-0.1, -0.05) is 18.6 Å². The summed E-state index contributed by atoms with van der Waals surface area (Å²) in [5.41, 5.74) is 1.00. The van der Waals surface area contributed by atoms with Crippen LogP contribution in [0.2, 0.25) is 0 Å². The number of benzene rings is 1. The van der Waals surface area contributed by atoms with Gasteiger partial charge in [-0.3, -0.25) is 14.9 Å². The molecule has 9 heteroatoms. The van der Waals surface area contributed by atoms with Gasteiger partial charge in [-0.15, -0.1) is 24.2 Å². The summed E-state index contributed by atoms with van der Waals surface area (Å²) < 4.78 is 5.18. The number of rotatable bonds is 10.